The lowest BCUT2D eigenvalue weighted by atomic mass is 9.75. The summed E-state index contributed by atoms with van der Waals surface area (Å²) in [7, 11) is 0. The molecule has 1 heterocycles. The molecule has 1 amide bonds. The van der Waals surface area contributed by atoms with Crippen LogP contribution in [0.1, 0.15) is 25.3 Å². The molecule has 1 aliphatic rings. The van der Waals surface area contributed by atoms with Crippen LogP contribution in [0.5, 0.6) is 0 Å². The van der Waals surface area contributed by atoms with Crippen molar-refractivity contribution in [2.75, 3.05) is 19.7 Å². The highest BCUT2D eigenvalue weighted by molar-refractivity contribution is 5.69. The Morgan fingerprint density at radius 2 is 2.05 bits per heavy atom. The second-order valence-corrected chi connectivity index (χ2v) is 5.22. The highest BCUT2D eigenvalue weighted by Crippen LogP contribution is 2.37. The number of likely N-dealkylation sites (tertiary alicyclic amines) is 1. The van der Waals surface area contributed by atoms with Crippen LogP contribution in [0.2, 0.25) is 0 Å². The fourth-order valence-corrected chi connectivity index (χ4v) is 2.50. The second-order valence-electron chi connectivity index (χ2n) is 5.22. The van der Waals surface area contributed by atoms with Crippen molar-refractivity contribution in [3.63, 3.8) is 0 Å². The van der Waals surface area contributed by atoms with E-state index in [1.807, 2.05) is 30.3 Å². The number of ether oxygens (including phenoxy) is 1. The molecule has 2 rings (SSSR count). The van der Waals surface area contributed by atoms with Gasteiger partial charge in [0.25, 0.3) is 0 Å². The molecule has 0 radical (unpaired) electrons. The van der Waals surface area contributed by atoms with Crippen molar-refractivity contribution < 1.29 is 14.6 Å². The van der Waals surface area contributed by atoms with Gasteiger partial charge >= 0.3 is 6.09 Å². The zero-order chi connectivity index (χ0) is 13.7. The van der Waals surface area contributed by atoms with E-state index in [1.165, 1.54) is 0 Å². The molecule has 0 atom stereocenters. The molecule has 1 aliphatic heterocycles. The molecular formula is C15H21NO3. The maximum atomic E-state index is 11.8. The van der Waals surface area contributed by atoms with Gasteiger partial charge in [0.1, 0.15) is 6.61 Å². The van der Waals surface area contributed by atoms with Crippen LogP contribution >= 0.6 is 0 Å². The van der Waals surface area contributed by atoms with E-state index in [-0.39, 0.29) is 18.1 Å². The summed E-state index contributed by atoms with van der Waals surface area (Å²) in [4.78, 5) is 13.6. The van der Waals surface area contributed by atoms with Gasteiger partial charge in [-0.25, -0.2) is 4.79 Å². The molecule has 4 heteroatoms. The normalized spacial score (nSPS) is 16.8. The first-order valence-corrected chi connectivity index (χ1v) is 6.75. The van der Waals surface area contributed by atoms with Gasteiger partial charge in [0.05, 0.1) is 0 Å². The number of carbonyl (C=O) groups excluding carboxylic acids is 1. The summed E-state index contributed by atoms with van der Waals surface area (Å²) in [6.45, 7) is 3.98. The first-order chi connectivity index (χ1) is 9.19. The highest BCUT2D eigenvalue weighted by Gasteiger charge is 2.43. The molecule has 0 aliphatic carbocycles. The first kappa shape index (κ1) is 13.9. The SMILES string of the molecule is CCC1(CCO)CN(C(=O)OCc2ccccc2)C1. The smallest absolute Gasteiger partial charge is 0.410 e. The van der Waals surface area contributed by atoms with Gasteiger partial charge in [0, 0.05) is 25.1 Å². The zero-order valence-electron chi connectivity index (χ0n) is 11.3. The molecule has 1 N–H and O–H groups in total. The molecule has 0 spiro atoms. The van der Waals surface area contributed by atoms with Crippen LogP contribution in [0.4, 0.5) is 4.79 Å². The van der Waals surface area contributed by atoms with Gasteiger partial charge in [0.15, 0.2) is 0 Å². The van der Waals surface area contributed by atoms with E-state index in [9.17, 15) is 4.79 Å². The Labute approximate surface area is 114 Å². The monoisotopic (exact) mass is 263 g/mol. The van der Waals surface area contributed by atoms with Crippen molar-refractivity contribution in [2.24, 2.45) is 5.41 Å². The third kappa shape index (κ3) is 3.26. The van der Waals surface area contributed by atoms with Crippen molar-refractivity contribution in [1.29, 1.82) is 0 Å². The van der Waals surface area contributed by atoms with Gasteiger partial charge in [-0.3, -0.25) is 0 Å². The van der Waals surface area contributed by atoms with E-state index >= 15 is 0 Å². The van der Waals surface area contributed by atoms with Gasteiger partial charge in [0.2, 0.25) is 0 Å². The van der Waals surface area contributed by atoms with Crippen LogP contribution in [0, 0.1) is 5.41 Å². The number of aliphatic hydroxyl groups is 1. The Morgan fingerprint density at radius 1 is 1.37 bits per heavy atom. The summed E-state index contributed by atoms with van der Waals surface area (Å²) in [5.74, 6) is 0. The number of nitrogens with zero attached hydrogens (tertiary/aromatic N) is 1. The quantitative estimate of drug-likeness (QED) is 0.887. The average Bonchev–Trinajstić information content (AvgIpc) is 2.41. The standard InChI is InChI=1S/C15H21NO3/c1-2-15(8-9-17)11-16(12-15)14(18)19-10-13-6-4-3-5-7-13/h3-7,17H,2,8-12H2,1H3. The fraction of sp³-hybridized carbons (Fsp3) is 0.533. The van der Waals surface area contributed by atoms with E-state index in [0.29, 0.717) is 19.7 Å². The predicted octanol–water partition coefficient (Wildman–Crippen LogP) is 2.42. The second kappa shape index (κ2) is 6.06. The third-order valence-electron chi connectivity index (χ3n) is 3.91. The van der Waals surface area contributed by atoms with E-state index in [0.717, 1.165) is 18.4 Å². The summed E-state index contributed by atoms with van der Waals surface area (Å²) in [5, 5.41) is 9.04. The molecule has 19 heavy (non-hydrogen) atoms. The lowest BCUT2D eigenvalue weighted by molar-refractivity contribution is -0.0216. The number of aliphatic hydroxyl groups excluding tert-OH is 1. The number of amides is 1. The van der Waals surface area contributed by atoms with Gasteiger partial charge in [-0.2, -0.15) is 0 Å². The van der Waals surface area contributed by atoms with Crippen molar-refractivity contribution in [2.45, 2.75) is 26.4 Å². The Hall–Kier alpha value is -1.55. The topological polar surface area (TPSA) is 49.8 Å². The average molecular weight is 263 g/mol. The van der Waals surface area contributed by atoms with E-state index in [2.05, 4.69) is 6.92 Å². The number of rotatable bonds is 5. The molecule has 0 unspecified atom stereocenters. The molecule has 0 saturated carbocycles. The Bertz CT molecular complexity index is 413. The molecule has 1 fully saturated rings. The molecule has 104 valence electrons. The summed E-state index contributed by atoms with van der Waals surface area (Å²) in [6.07, 6.45) is 1.48. The largest absolute Gasteiger partial charge is 0.445 e. The molecular weight excluding hydrogens is 242 g/mol. The van der Waals surface area contributed by atoms with Crippen LogP contribution in [-0.4, -0.2) is 35.8 Å². The van der Waals surface area contributed by atoms with Crippen LogP contribution < -0.4 is 0 Å². The predicted molar refractivity (Wildman–Crippen MR) is 72.6 cm³/mol. The van der Waals surface area contributed by atoms with E-state index in [1.54, 1.807) is 4.90 Å². The fourth-order valence-electron chi connectivity index (χ4n) is 2.50. The maximum absolute atomic E-state index is 11.8. The zero-order valence-corrected chi connectivity index (χ0v) is 11.3. The minimum absolute atomic E-state index is 0.0977. The van der Waals surface area contributed by atoms with E-state index < -0.39 is 0 Å². The van der Waals surface area contributed by atoms with Crippen LogP contribution in [0.15, 0.2) is 30.3 Å². The minimum atomic E-state index is -0.258. The van der Waals surface area contributed by atoms with Crippen LogP contribution in [0.25, 0.3) is 0 Å². The van der Waals surface area contributed by atoms with Crippen LogP contribution in [-0.2, 0) is 11.3 Å². The van der Waals surface area contributed by atoms with Gasteiger partial charge < -0.3 is 14.7 Å². The van der Waals surface area contributed by atoms with Crippen molar-refractivity contribution in [3.8, 4) is 0 Å². The van der Waals surface area contributed by atoms with Gasteiger partial charge in [-0.1, -0.05) is 37.3 Å². The molecule has 0 bridgehead atoms. The maximum Gasteiger partial charge on any atom is 0.410 e. The number of benzene rings is 1. The molecule has 1 saturated heterocycles. The molecule has 0 aromatic heterocycles. The van der Waals surface area contributed by atoms with Gasteiger partial charge in [-0.15, -0.1) is 0 Å². The molecule has 1 aromatic rings. The lowest BCUT2D eigenvalue weighted by Gasteiger charge is -2.49. The number of hydrogen-bond acceptors (Lipinski definition) is 3. The molecule has 4 nitrogen and oxygen atoms in total. The lowest BCUT2D eigenvalue weighted by Crippen LogP contribution is -2.58. The van der Waals surface area contributed by atoms with E-state index in [4.69, 9.17) is 9.84 Å². The summed E-state index contributed by atoms with van der Waals surface area (Å²) in [6, 6.07) is 9.66. The number of carbonyl (C=O) groups is 1. The van der Waals surface area contributed by atoms with Crippen molar-refractivity contribution in [3.05, 3.63) is 35.9 Å². The van der Waals surface area contributed by atoms with Gasteiger partial charge in [-0.05, 0) is 18.4 Å². The summed E-state index contributed by atoms with van der Waals surface area (Å²) >= 11 is 0. The Balaban J connectivity index is 1.77. The minimum Gasteiger partial charge on any atom is -0.445 e. The third-order valence-corrected chi connectivity index (χ3v) is 3.91. The first-order valence-electron chi connectivity index (χ1n) is 6.75. The highest BCUT2D eigenvalue weighted by atomic mass is 16.6. The summed E-state index contributed by atoms with van der Waals surface area (Å²) in [5.41, 5.74) is 1.09. The van der Waals surface area contributed by atoms with Crippen molar-refractivity contribution >= 4 is 6.09 Å². The van der Waals surface area contributed by atoms with Crippen LogP contribution in [0.3, 0.4) is 0 Å². The Kier molecular flexibility index (Phi) is 4.43. The Morgan fingerprint density at radius 3 is 2.63 bits per heavy atom. The summed E-state index contributed by atoms with van der Waals surface area (Å²) < 4.78 is 5.27. The molecule has 1 aromatic carbocycles. The van der Waals surface area contributed by atoms with Crippen molar-refractivity contribution in [1.82, 2.24) is 4.90 Å². The number of hydrogen-bond donors (Lipinski definition) is 1.